The van der Waals surface area contributed by atoms with Gasteiger partial charge in [-0.25, -0.2) is 9.97 Å². The van der Waals surface area contributed by atoms with E-state index in [1.807, 2.05) is 6.92 Å². The van der Waals surface area contributed by atoms with E-state index >= 15 is 0 Å². The van der Waals surface area contributed by atoms with Crippen molar-refractivity contribution in [3.8, 4) is 5.88 Å². The summed E-state index contributed by atoms with van der Waals surface area (Å²) in [7, 11) is 1.38. The topological polar surface area (TPSA) is 59.9 Å². The Labute approximate surface area is 121 Å². The summed E-state index contributed by atoms with van der Waals surface area (Å²) < 4.78 is 17.9. The van der Waals surface area contributed by atoms with Crippen LogP contribution in [0.4, 0.5) is 10.3 Å². The fourth-order valence-electron chi connectivity index (χ4n) is 1.67. The molecule has 0 saturated heterocycles. The van der Waals surface area contributed by atoms with Gasteiger partial charge >= 0.3 is 0 Å². The summed E-state index contributed by atoms with van der Waals surface area (Å²) in [6, 6.07) is 0. The highest BCUT2D eigenvalue weighted by atomic mass is 32.1. The molecule has 2 aromatic heterocycles. The third-order valence-electron chi connectivity index (χ3n) is 2.83. The zero-order valence-corrected chi connectivity index (χ0v) is 12.6. The molecule has 2 heterocycles. The molecule has 0 saturated carbocycles. The molecule has 2 aromatic rings. The molecule has 0 atom stereocenters. The number of ether oxygens (including phenoxy) is 1. The van der Waals surface area contributed by atoms with Crippen LogP contribution in [0.5, 0.6) is 5.88 Å². The predicted octanol–water partition coefficient (Wildman–Crippen LogP) is 2.74. The van der Waals surface area contributed by atoms with Crippen molar-refractivity contribution in [2.45, 2.75) is 26.7 Å². The molecule has 0 spiro atoms. The van der Waals surface area contributed by atoms with Crippen LogP contribution in [-0.4, -0.2) is 28.6 Å². The van der Waals surface area contributed by atoms with Gasteiger partial charge in [-0.1, -0.05) is 0 Å². The number of hydrogen-bond donors (Lipinski definition) is 1. The number of hydrogen-bond acceptors (Lipinski definition) is 6. The highest BCUT2D eigenvalue weighted by molar-refractivity contribution is 7.11. The van der Waals surface area contributed by atoms with E-state index in [4.69, 9.17) is 4.74 Å². The molecular weight excluding hydrogens is 279 g/mol. The zero-order chi connectivity index (χ0) is 14.5. The lowest BCUT2D eigenvalue weighted by Gasteiger charge is -2.05. The van der Waals surface area contributed by atoms with Gasteiger partial charge in [0, 0.05) is 17.8 Å². The summed E-state index contributed by atoms with van der Waals surface area (Å²) in [5.41, 5.74) is 1.10. The zero-order valence-electron chi connectivity index (χ0n) is 11.7. The van der Waals surface area contributed by atoms with Crippen molar-refractivity contribution in [2.75, 3.05) is 19.0 Å². The van der Waals surface area contributed by atoms with Gasteiger partial charge in [0.15, 0.2) is 0 Å². The number of aryl methyl sites for hydroxylation is 3. The van der Waals surface area contributed by atoms with Gasteiger partial charge in [0.25, 0.3) is 5.88 Å². The fourth-order valence-corrected chi connectivity index (χ4v) is 2.64. The number of methoxy groups -OCH3 is 1. The Kier molecular flexibility index (Phi) is 4.84. The van der Waals surface area contributed by atoms with Crippen molar-refractivity contribution in [1.29, 1.82) is 0 Å². The second-order valence-electron chi connectivity index (χ2n) is 4.33. The van der Waals surface area contributed by atoms with Crippen LogP contribution in [0.2, 0.25) is 0 Å². The molecule has 1 N–H and O–H groups in total. The van der Waals surface area contributed by atoms with Gasteiger partial charge < -0.3 is 10.1 Å². The normalized spacial score (nSPS) is 10.6. The Morgan fingerprint density at radius 3 is 2.80 bits per heavy atom. The number of nitrogens with zero attached hydrogens (tertiary/aromatic N) is 3. The first-order valence-corrected chi connectivity index (χ1v) is 7.15. The molecular formula is C13H17FN4OS. The average molecular weight is 296 g/mol. The van der Waals surface area contributed by atoms with E-state index in [0.717, 1.165) is 29.7 Å². The standard InChI is InChI=1S/C13H17FN4OS/c1-8-9(2)20-11(17-8)5-4-6-15-13-16-7-10(14)12(18-13)19-3/h7H,4-6H2,1-3H3,(H,15,16,18). The lowest BCUT2D eigenvalue weighted by molar-refractivity contribution is 0.368. The van der Waals surface area contributed by atoms with E-state index in [9.17, 15) is 4.39 Å². The van der Waals surface area contributed by atoms with Crippen LogP contribution in [0.15, 0.2) is 6.20 Å². The Morgan fingerprint density at radius 2 is 2.15 bits per heavy atom. The quantitative estimate of drug-likeness (QED) is 0.831. The molecule has 5 nitrogen and oxygen atoms in total. The molecule has 0 aliphatic rings. The number of anilines is 1. The maximum absolute atomic E-state index is 13.1. The first-order chi connectivity index (χ1) is 9.60. The van der Waals surface area contributed by atoms with Gasteiger partial charge in [0.05, 0.1) is 24.0 Å². The maximum Gasteiger partial charge on any atom is 0.255 e. The second kappa shape index (κ2) is 6.60. The van der Waals surface area contributed by atoms with Crippen LogP contribution in [0.3, 0.4) is 0 Å². The van der Waals surface area contributed by atoms with Gasteiger partial charge in [-0.05, 0) is 20.3 Å². The Morgan fingerprint density at radius 1 is 1.35 bits per heavy atom. The van der Waals surface area contributed by atoms with E-state index < -0.39 is 5.82 Å². The maximum atomic E-state index is 13.1. The van der Waals surface area contributed by atoms with E-state index in [0.29, 0.717) is 12.5 Å². The summed E-state index contributed by atoms with van der Waals surface area (Å²) in [5, 5.41) is 4.18. The molecule has 0 aliphatic carbocycles. The Bertz CT molecular complexity index is 568. The number of halogens is 1. The summed E-state index contributed by atoms with van der Waals surface area (Å²) in [6.07, 6.45) is 2.92. The summed E-state index contributed by atoms with van der Waals surface area (Å²) in [5.74, 6) is -0.241. The summed E-state index contributed by atoms with van der Waals surface area (Å²) >= 11 is 1.73. The molecule has 0 aromatic carbocycles. The van der Waals surface area contributed by atoms with Crippen LogP contribution < -0.4 is 10.1 Å². The van der Waals surface area contributed by atoms with Crippen LogP contribution in [0.1, 0.15) is 22.0 Å². The highest BCUT2D eigenvalue weighted by Gasteiger charge is 2.07. The minimum atomic E-state index is -0.563. The Hall–Kier alpha value is -1.76. The Balaban J connectivity index is 1.81. The van der Waals surface area contributed by atoms with Crippen molar-refractivity contribution in [1.82, 2.24) is 15.0 Å². The van der Waals surface area contributed by atoms with Crippen molar-refractivity contribution in [2.24, 2.45) is 0 Å². The van der Waals surface area contributed by atoms with Crippen LogP contribution in [-0.2, 0) is 6.42 Å². The fraction of sp³-hybridized carbons (Fsp3) is 0.462. The first-order valence-electron chi connectivity index (χ1n) is 6.33. The molecule has 2 rings (SSSR count). The number of nitrogens with one attached hydrogen (secondary N) is 1. The second-order valence-corrected chi connectivity index (χ2v) is 5.62. The number of thiazole rings is 1. The highest BCUT2D eigenvalue weighted by Crippen LogP contribution is 2.18. The van der Waals surface area contributed by atoms with Crippen molar-refractivity contribution in [3.05, 3.63) is 27.6 Å². The van der Waals surface area contributed by atoms with Gasteiger partial charge in [-0.2, -0.15) is 9.37 Å². The molecule has 108 valence electrons. The molecule has 0 radical (unpaired) electrons. The third kappa shape index (κ3) is 3.63. The molecule has 0 aliphatic heterocycles. The minimum absolute atomic E-state index is 0.0475. The smallest absolute Gasteiger partial charge is 0.255 e. The molecule has 7 heteroatoms. The van der Waals surface area contributed by atoms with E-state index in [1.54, 1.807) is 11.3 Å². The summed E-state index contributed by atoms with van der Waals surface area (Å²) in [6.45, 7) is 4.80. The molecule has 20 heavy (non-hydrogen) atoms. The molecule has 0 unspecified atom stereocenters. The largest absolute Gasteiger partial charge is 0.479 e. The van der Waals surface area contributed by atoms with Gasteiger partial charge in [-0.3, -0.25) is 0 Å². The van der Waals surface area contributed by atoms with E-state index in [2.05, 4.69) is 27.2 Å². The van der Waals surface area contributed by atoms with Crippen molar-refractivity contribution < 1.29 is 9.13 Å². The van der Waals surface area contributed by atoms with Gasteiger partial charge in [0.1, 0.15) is 0 Å². The molecule has 0 fully saturated rings. The monoisotopic (exact) mass is 296 g/mol. The molecule has 0 amide bonds. The van der Waals surface area contributed by atoms with Crippen LogP contribution in [0.25, 0.3) is 0 Å². The van der Waals surface area contributed by atoms with Gasteiger partial charge in [-0.15, -0.1) is 11.3 Å². The van der Waals surface area contributed by atoms with E-state index in [1.165, 1.54) is 12.0 Å². The van der Waals surface area contributed by atoms with Crippen LogP contribution >= 0.6 is 11.3 Å². The first kappa shape index (κ1) is 14.6. The molecule has 0 bridgehead atoms. The van der Waals surface area contributed by atoms with Gasteiger partial charge in [0.2, 0.25) is 11.8 Å². The lowest BCUT2D eigenvalue weighted by atomic mass is 10.3. The average Bonchev–Trinajstić information content (AvgIpc) is 2.75. The van der Waals surface area contributed by atoms with Crippen LogP contribution in [0, 0.1) is 19.7 Å². The lowest BCUT2D eigenvalue weighted by Crippen LogP contribution is -2.07. The summed E-state index contributed by atoms with van der Waals surface area (Å²) in [4.78, 5) is 13.5. The van der Waals surface area contributed by atoms with E-state index in [-0.39, 0.29) is 5.88 Å². The predicted molar refractivity (Wildman–Crippen MR) is 76.9 cm³/mol. The van der Waals surface area contributed by atoms with Crippen molar-refractivity contribution in [3.63, 3.8) is 0 Å². The third-order valence-corrected chi connectivity index (χ3v) is 3.96. The SMILES string of the molecule is COc1nc(NCCCc2nc(C)c(C)s2)ncc1F. The number of aromatic nitrogens is 3. The minimum Gasteiger partial charge on any atom is -0.479 e. The number of rotatable bonds is 6. The van der Waals surface area contributed by atoms with Crippen molar-refractivity contribution >= 4 is 17.3 Å².